The van der Waals surface area contributed by atoms with Crippen molar-refractivity contribution in [3.8, 4) is 0 Å². The maximum absolute atomic E-state index is 13.2. The fraction of sp³-hybridized carbons (Fsp3) is 0.542. The molecule has 1 N–H and O–H groups in total. The second kappa shape index (κ2) is 8.15. The first kappa shape index (κ1) is 22.2. The topological polar surface area (TPSA) is 99.3 Å². The molecule has 8 nitrogen and oxygen atoms in total. The lowest BCUT2D eigenvalue weighted by Gasteiger charge is -2.37. The van der Waals surface area contributed by atoms with Gasteiger partial charge in [-0.1, -0.05) is 13.8 Å². The second-order valence-electron chi connectivity index (χ2n) is 9.89. The van der Waals surface area contributed by atoms with Crippen LogP contribution in [0.2, 0.25) is 0 Å². The van der Waals surface area contributed by atoms with E-state index in [1.807, 2.05) is 33.8 Å². The Labute approximate surface area is 188 Å². The van der Waals surface area contributed by atoms with Crippen molar-refractivity contribution in [3.05, 3.63) is 50.8 Å². The van der Waals surface area contributed by atoms with Gasteiger partial charge in [-0.05, 0) is 44.6 Å². The molecule has 0 radical (unpaired) electrons. The van der Waals surface area contributed by atoms with Crippen molar-refractivity contribution in [2.75, 3.05) is 25.0 Å². The Morgan fingerprint density at radius 1 is 1.12 bits per heavy atom. The van der Waals surface area contributed by atoms with E-state index >= 15 is 0 Å². The van der Waals surface area contributed by atoms with E-state index in [1.165, 1.54) is 6.07 Å². The lowest BCUT2D eigenvalue weighted by molar-refractivity contribution is 0.0707. The summed E-state index contributed by atoms with van der Waals surface area (Å²) in [5.74, 6) is 1.31. The number of amides is 1. The summed E-state index contributed by atoms with van der Waals surface area (Å²) in [5, 5.41) is 0. The molecule has 3 heterocycles. The minimum Gasteiger partial charge on any atom is -0.356 e. The number of nitrogens with one attached hydrogen (secondary N) is 1. The Balaban J connectivity index is 1.48. The Morgan fingerprint density at radius 2 is 1.81 bits per heavy atom. The van der Waals surface area contributed by atoms with E-state index in [4.69, 9.17) is 0 Å². The zero-order chi connectivity index (χ0) is 23.2. The van der Waals surface area contributed by atoms with Crippen LogP contribution >= 0.6 is 0 Å². The highest BCUT2D eigenvalue weighted by Crippen LogP contribution is 2.33. The number of carbonyl (C=O) groups is 2. The normalized spacial score (nSPS) is 18.4. The number of pyridine rings is 1. The minimum absolute atomic E-state index is 0.0204. The molecule has 1 aliphatic heterocycles. The number of H-pyrrole nitrogens is 1. The smallest absolute Gasteiger partial charge is 0.261 e. The molecule has 1 amide bonds. The fourth-order valence-corrected chi connectivity index (χ4v) is 4.88. The number of nitrogens with zero attached hydrogens (tertiary/aromatic N) is 4. The summed E-state index contributed by atoms with van der Waals surface area (Å²) < 4.78 is 0. The average molecular weight is 438 g/mol. The summed E-state index contributed by atoms with van der Waals surface area (Å²) >= 11 is 0. The van der Waals surface area contributed by atoms with Gasteiger partial charge in [0.2, 0.25) is 0 Å². The Kier molecular flexibility index (Phi) is 5.65. The zero-order valence-corrected chi connectivity index (χ0v) is 19.5. The zero-order valence-electron chi connectivity index (χ0n) is 19.5. The van der Waals surface area contributed by atoms with Gasteiger partial charge in [0.25, 0.3) is 11.5 Å². The summed E-state index contributed by atoms with van der Waals surface area (Å²) in [4.78, 5) is 54.1. The molecular weight excluding hydrogens is 406 g/mol. The number of ketones is 1. The third-order valence-electron chi connectivity index (χ3n) is 6.56. The Hall–Kier alpha value is -3.03. The highest BCUT2D eigenvalue weighted by molar-refractivity contribution is 6.02. The van der Waals surface area contributed by atoms with Crippen molar-refractivity contribution in [2.24, 2.45) is 5.41 Å². The van der Waals surface area contributed by atoms with Crippen LogP contribution in [0.15, 0.2) is 16.9 Å². The third kappa shape index (κ3) is 4.31. The van der Waals surface area contributed by atoms with Crippen LogP contribution in [0.25, 0.3) is 0 Å². The lowest BCUT2D eigenvalue weighted by Crippen LogP contribution is -2.47. The SMILES string of the molecule is Cc1cc(N2CCC(N(C)C(=O)c3cc4c([nH]c3=O)CC(C)(C)CC4=O)CC2)nc(C)n1. The van der Waals surface area contributed by atoms with E-state index in [2.05, 4.69) is 19.9 Å². The molecule has 0 saturated carbocycles. The van der Waals surface area contributed by atoms with E-state index in [1.54, 1.807) is 11.9 Å². The lowest BCUT2D eigenvalue weighted by atomic mass is 9.75. The van der Waals surface area contributed by atoms with E-state index < -0.39 is 5.56 Å². The first-order chi connectivity index (χ1) is 15.0. The molecular formula is C24H31N5O3. The summed E-state index contributed by atoms with van der Waals surface area (Å²) in [6.45, 7) is 9.40. The molecule has 1 fully saturated rings. The second-order valence-corrected chi connectivity index (χ2v) is 9.89. The van der Waals surface area contributed by atoms with E-state index in [9.17, 15) is 14.4 Å². The molecule has 4 rings (SSSR count). The summed E-state index contributed by atoms with van der Waals surface area (Å²) in [6, 6.07) is 3.51. The number of rotatable bonds is 3. The average Bonchev–Trinajstić information content (AvgIpc) is 2.71. The summed E-state index contributed by atoms with van der Waals surface area (Å²) in [7, 11) is 1.74. The molecule has 8 heteroatoms. The molecule has 0 bridgehead atoms. The van der Waals surface area contributed by atoms with Gasteiger partial charge in [0.1, 0.15) is 17.2 Å². The van der Waals surface area contributed by atoms with Gasteiger partial charge in [-0.25, -0.2) is 9.97 Å². The van der Waals surface area contributed by atoms with E-state index in [0.29, 0.717) is 24.1 Å². The van der Waals surface area contributed by atoms with Gasteiger partial charge in [0.05, 0.1) is 0 Å². The van der Waals surface area contributed by atoms with Gasteiger partial charge in [-0.15, -0.1) is 0 Å². The number of Topliss-reactive ketones (excluding diaryl/α,β-unsaturated/α-hetero) is 1. The summed E-state index contributed by atoms with van der Waals surface area (Å²) in [6.07, 6.45) is 2.59. The molecule has 1 aliphatic carbocycles. The maximum Gasteiger partial charge on any atom is 0.261 e. The molecule has 0 aromatic carbocycles. The number of aromatic amines is 1. The van der Waals surface area contributed by atoms with Gasteiger partial charge < -0.3 is 14.8 Å². The van der Waals surface area contributed by atoms with Crippen LogP contribution in [-0.2, 0) is 6.42 Å². The molecule has 2 aliphatic rings. The van der Waals surface area contributed by atoms with Crippen LogP contribution in [-0.4, -0.2) is 57.7 Å². The Bertz CT molecular complexity index is 1110. The van der Waals surface area contributed by atoms with Crippen LogP contribution in [0.5, 0.6) is 0 Å². The number of aryl methyl sites for hydroxylation is 2. The van der Waals surface area contributed by atoms with Gasteiger partial charge in [-0.3, -0.25) is 14.4 Å². The predicted molar refractivity (Wildman–Crippen MR) is 122 cm³/mol. The number of carbonyl (C=O) groups excluding carboxylic acids is 2. The number of hydrogen-bond donors (Lipinski definition) is 1. The van der Waals surface area contributed by atoms with Crippen LogP contribution in [0, 0.1) is 19.3 Å². The van der Waals surface area contributed by atoms with Gasteiger partial charge in [0.15, 0.2) is 5.78 Å². The van der Waals surface area contributed by atoms with Gasteiger partial charge in [0, 0.05) is 55.6 Å². The van der Waals surface area contributed by atoms with Crippen molar-refractivity contribution in [1.29, 1.82) is 0 Å². The van der Waals surface area contributed by atoms with E-state index in [0.717, 1.165) is 43.3 Å². The van der Waals surface area contributed by atoms with Gasteiger partial charge in [-0.2, -0.15) is 0 Å². The van der Waals surface area contributed by atoms with Crippen molar-refractivity contribution >= 4 is 17.5 Å². The van der Waals surface area contributed by atoms with Crippen LogP contribution in [0.3, 0.4) is 0 Å². The number of aromatic nitrogens is 3. The number of anilines is 1. The monoisotopic (exact) mass is 437 g/mol. The number of fused-ring (bicyclic) bond motifs is 1. The largest absolute Gasteiger partial charge is 0.356 e. The highest BCUT2D eigenvalue weighted by Gasteiger charge is 2.34. The van der Waals surface area contributed by atoms with Crippen LogP contribution in [0.1, 0.15) is 71.0 Å². The molecule has 0 unspecified atom stereocenters. The molecule has 32 heavy (non-hydrogen) atoms. The molecule has 170 valence electrons. The van der Waals surface area contributed by atoms with Crippen LogP contribution in [0.4, 0.5) is 5.82 Å². The molecule has 0 spiro atoms. The fourth-order valence-electron chi connectivity index (χ4n) is 4.88. The molecule has 2 aromatic heterocycles. The molecule has 2 aromatic rings. The van der Waals surface area contributed by atoms with Crippen molar-refractivity contribution in [3.63, 3.8) is 0 Å². The minimum atomic E-state index is -0.421. The summed E-state index contributed by atoms with van der Waals surface area (Å²) in [5.41, 5.74) is 1.49. The quantitative estimate of drug-likeness (QED) is 0.793. The first-order valence-electron chi connectivity index (χ1n) is 11.2. The van der Waals surface area contributed by atoms with Crippen molar-refractivity contribution in [2.45, 2.75) is 59.4 Å². The van der Waals surface area contributed by atoms with Crippen molar-refractivity contribution in [1.82, 2.24) is 19.9 Å². The van der Waals surface area contributed by atoms with Gasteiger partial charge >= 0.3 is 0 Å². The number of hydrogen-bond acceptors (Lipinski definition) is 6. The predicted octanol–water partition coefficient (Wildman–Crippen LogP) is 2.68. The van der Waals surface area contributed by atoms with Crippen LogP contribution < -0.4 is 10.5 Å². The maximum atomic E-state index is 13.2. The Morgan fingerprint density at radius 3 is 2.47 bits per heavy atom. The molecule has 1 saturated heterocycles. The third-order valence-corrected chi connectivity index (χ3v) is 6.56. The highest BCUT2D eigenvalue weighted by atomic mass is 16.2. The first-order valence-corrected chi connectivity index (χ1v) is 11.2. The number of piperidine rings is 1. The standard InChI is InChI=1S/C24H31N5O3/c1-14-10-21(26-15(2)25-14)29-8-6-16(7-9-29)28(5)23(32)18-11-17-19(27-22(18)31)12-24(3,4)13-20(17)30/h10-11,16H,6-9,12-13H2,1-5H3,(H,27,31). The van der Waals surface area contributed by atoms with Crippen molar-refractivity contribution < 1.29 is 9.59 Å². The molecule has 0 atom stereocenters. The van der Waals surface area contributed by atoms with E-state index in [-0.39, 0.29) is 28.7 Å².